The molecule has 0 spiro atoms. The third-order valence-electron chi connectivity index (χ3n) is 3.13. The van der Waals surface area contributed by atoms with Gasteiger partial charge < -0.3 is 0 Å². The highest BCUT2D eigenvalue weighted by Crippen LogP contribution is 2.28. The zero-order chi connectivity index (χ0) is 15.1. The van der Waals surface area contributed by atoms with Crippen LogP contribution in [0.25, 0.3) is 16.9 Å². The van der Waals surface area contributed by atoms with Crippen LogP contribution >= 0.6 is 11.6 Å². The summed E-state index contributed by atoms with van der Waals surface area (Å²) in [5, 5.41) is -0.425. The lowest BCUT2D eigenvalue weighted by Gasteiger charge is -2.10. The fraction of sp³-hybridized carbons (Fsp3) is 0.200. The average molecular weight is 308 g/mol. The Hall–Kier alpha value is -2.01. The molecule has 0 saturated carbocycles. The molecule has 3 aromatic rings. The van der Waals surface area contributed by atoms with Crippen LogP contribution < -0.4 is 0 Å². The van der Waals surface area contributed by atoms with Crippen molar-refractivity contribution < 1.29 is 8.78 Å². The van der Waals surface area contributed by atoms with Gasteiger partial charge in [-0.15, -0.1) is 11.6 Å². The summed E-state index contributed by atoms with van der Waals surface area (Å²) in [5.74, 6) is -0.824. The number of aromatic nitrogens is 3. The molecule has 3 rings (SSSR count). The normalized spacial score (nSPS) is 12.8. The van der Waals surface area contributed by atoms with Gasteiger partial charge in [-0.25, -0.2) is 18.7 Å². The van der Waals surface area contributed by atoms with Crippen molar-refractivity contribution >= 4 is 22.8 Å². The van der Waals surface area contributed by atoms with Crippen molar-refractivity contribution in [1.82, 2.24) is 14.5 Å². The van der Waals surface area contributed by atoms with Gasteiger partial charge >= 0.3 is 0 Å². The van der Waals surface area contributed by atoms with E-state index in [0.29, 0.717) is 22.7 Å². The minimum Gasteiger partial charge on any atom is -0.279 e. The van der Waals surface area contributed by atoms with E-state index in [1.54, 1.807) is 11.5 Å². The first-order valence-electron chi connectivity index (χ1n) is 6.42. The van der Waals surface area contributed by atoms with Gasteiger partial charge in [0, 0.05) is 11.8 Å². The Balaban J connectivity index is 2.38. The Kier molecular flexibility index (Phi) is 3.37. The van der Waals surface area contributed by atoms with Crippen LogP contribution in [0, 0.1) is 18.6 Å². The molecular weight excluding hydrogens is 296 g/mol. The number of halogens is 3. The number of aryl methyl sites for hydroxylation is 1. The van der Waals surface area contributed by atoms with Crippen LogP contribution in [0.3, 0.4) is 0 Å². The van der Waals surface area contributed by atoms with Gasteiger partial charge in [-0.05, 0) is 38.1 Å². The summed E-state index contributed by atoms with van der Waals surface area (Å²) in [6.45, 7) is 3.59. The van der Waals surface area contributed by atoms with Gasteiger partial charge in [0.05, 0.1) is 11.1 Å². The predicted molar refractivity (Wildman–Crippen MR) is 77.8 cm³/mol. The van der Waals surface area contributed by atoms with Gasteiger partial charge in [-0.1, -0.05) is 0 Å². The molecule has 108 valence electrons. The Morgan fingerprint density at radius 2 is 1.76 bits per heavy atom. The molecule has 2 heterocycles. The quantitative estimate of drug-likeness (QED) is 0.661. The topological polar surface area (TPSA) is 30.7 Å². The monoisotopic (exact) mass is 307 g/mol. The molecule has 0 bridgehead atoms. The minimum absolute atomic E-state index is 0.315. The van der Waals surface area contributed by atoms with E-state index < -0.39 is 17.0 Å². The Morgan fingerprint density at radius 3 is 2.38 bits per heavy atom. The van der Waals surface area contributed by atoms with Crippen molar-refractivity contribution in [3.63, 3.8) is 0 Å². The summed E-state index contributed by atoms with van der Waals surface area (Å²) in [6, 6.07) is 6.93. The first kappa shape index (κ1) is 13.9. The molecule has 0 aliphatic rings. The van der Waals surface area contributed by atoms with Gasteiger partial charge in [0.1, 0.15) is 23.0 Å². The maximum atomic E-state index is 13.5. The SMILES string of the molecule is Cc1ccc2nc(C(C)Cl)n(-c3cc(F)cc(F)c3)c2n1. The molecule has 0 aliphatic heterocycles. The molecule has 0 fully saturated rings. The van der Waals surface area contributed by atoms with Crippen LogP contribution in [-0.2, 0) is 0 Å². The van der Waals surface area contributed by atoms with Crippen LogP contribution in [0.4, 0.5) is 8.78 Å². The van der Waals surface area contributed by atoms with Gasteiger partial charge in [0.25, 0.3) is 0 Å². The van der Waals surface area contributed by atoms with Crippen LogP contribution in [0.5, 0.6) is 0 Å². The number of fused-ring (bicyclic) bond motifs is 1. The summed E-state index contributed by atoms with van der Waals surface area (Å²) in [5.41, 5.74) is 2.26. The minimum atomic E-state index is -0.660. The second-order valence-corrected chi connectivity index (χ2v) is 5.50. The lowest BCUT2D eigenvalue weighted by atomic mass is 10.2. The van der Waals surface area contributed by atoms with Crippen LogP contribution in [0.15, 0.2) is 30.3 Å². The highest BCUT2D eigenvalue weighted by molar-refractivity contribution is 6.20. The number of alkyl halides is 1. The molecular formula is C15H12ClF2N3. The number of benzene rings is 1. The lowest BCUT2D eigenvalue weighted by Crippen LogP contribution is -2.04. The second-order valence-electron chi connectivity index (χ2n) is 4.84. The Morgan fingerprint density at radius 1 is 1.10 bits per heavy atom. The van der Waals surface area contributed by atoms with E-state index in [1.165, 1.54) is 12.1 Å². The van der Waals surface area contributed by atoms with Gasteiger partial charge in [0.2, 0.25) is 0 Å². The van der Waals surface area contributed by atoms with Crippen LogP contribution in [0.1, 0.15) is 23.8 Å². The molecule has 1 atom stereocenters. The molecule has 2 aromatic heterocycles. The van der Waals surface area contributed by atoms with E-state index in [2.05, 4.69) is 9.97 Å². The molecule has 1 aromatic carbocycles. The van der Waals surface area contributed by atoms with Crippen molar-refractivity contribution in [3.05, 3.63) is 53.5 Å². The zero-order valence-electron chi connectivity index (χ0n) is 11.4. The van der Waals surface area contributed by atoms with E-state index in [0.717, 1.165) is 11.8 Å². The molecule has 1 unspecified atom stereocenters. The van der Waals surface area contributed by atoms with E-state index in [4.69, 9.17) is 11.6 Å². The van der Waals surface area contributed by atoms with Crippen molar-refractivity contribution in [2.45, 2.75) is 19.2 Å². The van der Waals surface area contributed by atoms with Gasteiger partial charge in [-0.3, -0.25) is 4.57 Å². The van der Waals surface area contributed by atoms with E-state index in [-0.39, 0.29) is 0 Å². The Labute approximate surface area is 125 Å². The van der Waals surface area contributed by atoms with Crippen LogP contribution in [0.2, 0.25) is 0 Å². The molecule has 0 radical (unpaired) electrons. The number of pyridine rings is 1. The Bertz CT molecular complexity index is 807. The number of hydrogen-bond acceptors (Lipinski definition) is 2. The summed E-state index contributed by atoms with van der Waals surface area (Å²) < 4.78 is 28.6. The smallest absolute Gasteiger partial charge is 0.164 e. The fourth-order valence-electron chi connectivity index (χ4n) is 2.26. The van der Waals surface area contributed by atoms with Crippen molar-refractivity contribution in [2.24, 2.45) is 0 Å². The molecule has 0 amide bonds. The first-order valence-corrected chi connectivity index (χ1v) is 6.86. The number of imidazole rings is 1. The second kappa shape index (κ2) is 5.07. The summed E-state index contributed by atoms with van der Waals surface area (Å²) in [6.07, 6.45) is 0. The molecule has 0 N–H and O–H groups in total. The molecule has 0 aliphatic carbocycles. The van der Waals surface area contributed by atoms with E-state index in [1.807, 2.05) is 19.1 Å². The number of rotatable bonds is 2. The molecule has 6 heteroatoms. The zero-order valence-corrected chi connectivity index (χ0v) is 12.2. The summed E-state index contributed by atoms with van der Waals surface area (Å²) in [7, 11) is 0. The standard InChI is InChI=1S/C15H12ClF2N3/c1-8-3-4-13-15(19-8)21(14(20-13)9(2)16)12-6-10(17)5-11(18)7-12/h3-7,9H,1-2H3. The highest BCUT2D eigenvalue weighted by Gasteiger charge is 2.18. The largest absolute Gasteiger partial charge is 0.279 e. The predicted octanol–water partition coefficient (Wildman–Crippen LogP) is 4.31. The molecule has 21 heavy (non-hydrogen) atoms. The number of hydrogen-bond donors (Lipinski definition) is 0. The van der Waals surface area contributed by atoms with Crippen molar-refractivity contribution in [1.29, 1.82) is 0 Å². The first-order chi connectivity index (χ1) is 9.95. The average Bonchev–Trinajstić information content (AvgIpc) is 2.76. The number of nitrogens with zero attached hydrogens (tertiary/aromatic N) is 3. The maximum absolute atomic E-state index is 13.5. The van der Waals surface area contributed by atoms with E-state index in [9.17, 15) is 8.78 Å². The maximum Gasteiger partial charge on any atom is 0.164 e. The van der Waals surface area contributed by atoms with Gasteiger partial charge in [0.15, 0.2) is 5.65 Å². The lowest BCUT2D eigenvalue weighted by molar-refractivity contribution is 0.581. The van der Waals surface area contributed by atoms with E-state index >= 15 is 0 Å². The summed E-state index contributed by atoms with van der Waals surface area (Å²) >= 11 is 6.15. The molecule has 0 saturated heterocycles. The third-order valence-corrected chi connectivity index (χ3v) is 3.33. The highest BCUT2D eigenvalue weighted by atomic mass is 35.5. The van der Waals surface area contributed by atoms with Crippen molar-refractivity contribution in [2.75, 3.05) is 0 Å². The van der Waals surface area contributed by atoms with Crippen molar-refractivity contribution in [3.8, 4) is 5.69 Å². The summed E-state index contributed by atoms with van der Waals surface area (Å²) in [4.78, 5) is 8.82. The molecule has 3 nitrogen and oxygen atoms in total. The third kappa shape index (κ3) is 2.49. The van der Waals surface area contributed by atoms with Crippen LogP contribution in [-0.4, -0.2) is 14.5 Å². The van der Waals surface area contributed by atoms with Gasteiger partial charge in [-0.2, -0.15) is 0 Å². The fourth-order valence-corrected chi connectivity index (χ4v) is 2.41.